The van der Waals surface area contributed by atoms with Gasteiger partial charge in [0, 0.05) is 18.0 Å². The van der Waals surface area contributed by atoms with Crippen LogP contribution in [0.15, 0.2) is 60.9 Å². The van der Waals surface area contributed by atoms with Crippen LogP contribution in [-0.4, -0.2) is 15.7 Å². The molecule has 1 unspecified atom stereocenters. The number of aryl methyl sites for hydroxylation is 2. The van der Waals surface area contributed by atoms with Gasteiger partial charge in [-0.1, -0.05) is 30.3 Å². The second kappa shape index (κ2) is 7.16. The Morgan fingerprint density at radius 1 is 1.15 bits per heavy atom. The Bertz CT molecular complexity index is 898. The summed E-state index contributed by atoms with van der Waals surface area (Å²) in [6.45, 7) is 2.75. The van der Waals surface area contributed by atoms with Gasteiger partial charge >= 0.3 is 0 Å². The fourth-order valence-electron chi connectivity index (χ4n) is 3.57. The predicted octanol–water partition coefficient (Wildman–Crippen LogP) is 3.91. The summed E-state index contributed by atoms with van der Waals surface area (Å²) in [6, 6.07) is 16.2. The minimum atomic E-state index is -0.0383. The normalized spacial score (nSPS) is 14.0. The molecule has 4 nitrogen and oxygen atoms in total. The van der Waals surface area contributed by atoms with Gasteiger partial charge in [-0.3, -0.25) is 9.48 Å². The second-order valence-corrected chi connectivity index (χ2v) is 6.98. The van der Waals surface area contributed by atoms with E-state index in [9.17, 15) is 4.79 Å². The van der Waals surface area contributed by atoms with E-state index in [0.717, 1.165) is 12.0 Å². The maximum absolute atomic E-state index is 12.6. The van der Waals surface area contributed by atoms with Crippen LogP contribution in [0.5, 0.6) is 0 Å². The molecule has 26 heavy (non-hydrogen) atoms. The molecular weight excluding hydrogens is 322 g/mol. The Morgan fingerprint density at radius 2 is 1.96 bits per heavy atom. The predicted molar refractivity (Wildman–Crippen MR) is 102 cm³/mol. The maximum Gasteiger partial charge on any atom is 0.251 e. The standard InChI is InChI=1S/C22H23N3O/c1-16(20-11-10-18-4-2-5-21(18)14-20)24-22(26)19-8-6-17(7-9-19)15-25-13-3-12-23-25/h3,6-14,16H,2,4-5,15H2,1H3,(H,24,26). The van der Waals surface area contributed by atoms with E-state index in [1.807, 2.05) is 48.1 Å². The smallest absolute Gasteiger partial charge is 0.251 e. The summed E-state index contributed by atoms with van der Waals surface area (Å²) < 4.78 is 1.87. The Hall–Kier alpha value is -2.88. The first kappa shape index (κ1) is 16.6. The number of amides is 1. The highest BCUT2D eigenvalue weighted by atomic mass is 16.1. The molecule has 0 fully saturated rings. The molecule has 0 spiro atoms. The van der Waals surface area contributed by atoms with Crippen LogP contribution in [0.3, 0.4) is 0 Å². The van der Waals surface area contributed by atoms with E-state index >= 15 is 0 Å². The van der Waals surface area contributed by atoms with Gasteiger partial charge in [0.25, 0.3) is 5.91 Å². The summed E-state index contributed by atoms with van der Waals surface area (Å²) in [4.78, 5) is 12.6. The molecule has 0 aliphatic heterocycles. The van der Waals surface area contributed by atoms with E-state index in [0.29, 0.717) is 12.1 Å². The highest BCUT2D eigenvalue weighted by molar-refractivity contribution is 5.94. The largest absolute Gasteiger partial charge is 0.346 e. The number of hydrogen-bond acceptors (Lipinski definition) is 2. The van der Waals surface area contributed by atoms with Crippen molar-refractivity contribution in [1.29, 1.82) is 0 Å². The minimum Gasteiger partial charge on any atom is -0.346 e. The lowest BCUT2D eigenvalue weighted by molar-refractivity contribution is 0.0940. The summed E-state index contributed by atoms with van der Waals surface area (Å²) in [5.74, 6) is -0.0383. The van der Waals surface area contributed by atoms with Gasteiger partial charge in [-0.25, -0.2) is 0 Å². The quantitative estimate of drug-likeness (QED) is 0.762. The zero-order valence-corrected chi connectivity index (χ0v) is 15.0. The Balaban J connectivity index is 1.41. The molecule has 1 aliphatic rings. The molecule has 0 saturated carbocycles. The van der Waals surface area contributed by atoms with Crippen LogP contribution in [0.1, 0.15) is 52.0 Å². The topological polar surface area (TPSA) is 46.9 Å². The first-order valence-corrected chi connectivity index (χ1v) is 9.18. The number of aromatic nitrogens is 2. The van der Waals surface area contributed by atoms with Crippen LogP contribution in [-0.2, 0) is 19.4 Å². The molecule has 1 N–H and O–H groups in total. The van der Waals surface area contributed by atoms with Gasteiger partial charge in [0.05, 0.1) is 12.6 Å². The third-order valence-electron chi connectivity index (χ3n) is 5.09. The molecule has 1 atom stereocenters. The van der Waals surface area contributed by atoms with Gasteiger partial charge in [-0.2, -0.15) is 5.10 Å². The van der Waals surface area contributed by atoms with E-state index in [2.05, 4.69) is 28.6 Å². The van der Waals surface area contributed by atoms with Gasteiger partial charge in [0.2, 0.25) is 0 Å². The zero-order valence-electron chi connectivity index (χ0n) is 15.0. The van der Waals surface area contributed by atoms with Gasteiger partial charge in [-0.05, 0) is 66.6 Å². The van der Waals surface area contributed by atoms with E-state index in [1.165, 1.54) is 29.5 Å². The van der Waals surface area contributed by atoms with E-state index in [4.69, 9.17) is 0 Å². The molecule has 0 radical (unpaired) electrons. The van der Waals surface area contributed by atoms with Crippen molar-refractivity contribution < 1.29 is 4.79 Å². The van der Waals surface area contributed by atoms with Gasteiger partial charge in [0.1, 0.15) is 0 Å². The molecule has 0 saturated heterocycles. The molecular formula is C22H23N3O. The van der Waals surface area contributed by atoms with Gasteiger partial charge in [0.15, 0.2) is 0 Å². The fourth-order valence-corrected chi connectivity index (χ4v) is 3.57. The molecule has 1 aliphatic carbocycles. The zero-order chi connectivity index (χ0) is 17.9. The summed E-state index contributed by atoms with van der Waals surface area (Å²) in [5, 5.41) is 7.32. The lowest BCUT2D eigenvalue weighted by atomic mass is 10.0. The summed E-state index contributed by atoms with van der Waals surface area (Å²) in [5.41, 5.74) is 5.88. The third-order valence-corrected chi connectivity index (χ3v) is 5.09. The lowest BCUT2D eigenvalue weighted by Gasteiger charge is -2.16. The van der Waals surface area contributed by atoms with Crippen LogP contribution in [0.25, 0.3) is 0 Å². The average Bonchev–Trinajstić information content (AvgIpc) is 3.33. The molecule has 1 aromatic heterocycles. The molecule has 4 heteroatoms. The average molecular weight is 345 g/mol. The molecule has 4 rings (SSSR count). The van der Waals surface area contributed by atoms with Crippen molar-refractivity contribution in [3.05, 3.63) is 88.7 Å². The summed E-state index contributed by atoms with van der Waals surface area (Å²) in [6.07, 6.45) is 7.27. The highest BCUT2D eigenvalue weighted by Gasteiger charge is 2.15. The van der Waals surface area contributed by atoms with Crippen molar-refractivity contribution >= 4 is 5.91 Å². The van der Waals surface area contributed by atoms with E-state index in [1.54, 1.807) is 6.20 Å². The van der Waals surface area contributed by atoms with E-state index in [-0.39, 0.29) is 11.9 Å². The Labute approximate surface area is 153 Å². The fraction of sp³-hybridized carbons (Fsp3) is 0.273. The van der Waals surface area contributed by atoms with Gasteiger partial charge < -0.3 is 5.32 Å². The van der Waals surface area contributed by atoms with Crippen molar-refractivity contribution in [2.75, 3.05) is 0 Å². The maximum atomic E-state index is 12.6. The van der Waals surface area contributed by atoms with Crippen LogP contribution >= 0.6 is 0 Å². The number of rotatable bonds is 5. The van der Waals surface area contributed by atoms with Crippen molar-refractivity contribution in [3.63, 3.8) is 0 Å². The second-order valence-electron chi connectivity index (χ2n) is 6.98. The first-order chi connectivity index (χ1) is 12.7. The van der Waals surface area contributed by atoms with Crippen LogP contribution in [0.4, 0.5) is 0 Å². The molecule has 3 aromatic rings. The number of fused-ring (bicyclic) bond motifs is 1. The Morgan fingerprint density at radius 3 is 2.73 bits per heavy atom. The van der Waals surface area contributed by atoms with Crippen LogP contribution < -0.4 is 5.32 Å². The first-order valence-electron chi connectivity index (χ1n) is 9.18. The monoisotopic (exact) mass is 345 g/mol. The summed E-state index contributed by atoms with van der Waals surface area (Å²) >= 11 is 0. The SMILES string of the molecule is CC(NC(=O)c1ccc(Cn2cccn2)cc1)c1ccc2c(c1)CCC2. The van der Waals surface area contributed by atoms with Crippen LogP contribution in [0.2, 0.25) is 0 Å². The number of hydrogen-bond donors (Lipinski definition) is 1. The van der Waals surface area contributed by atoms with E-state index < -0.39 is 0 Å². The van der Waals surface area contributed by atoms with Crippen molar-refractivity contribution in [3.8, 4) is 0 Å². The molecule has 132 valence electrons. The van der Waals surface area contributed by atoms with Gasteiger partial charge in [-0.15, -0.1) is 0 Å². The lowest BCUT2D eigenvalue weighted by Crippen LogP contribution is -2.26. The van der Waals surface area contributed by atoms with Crippen molar-refractivity contribution in [2.45, 2.75) is 38.8 Å². The number of nitrogens with zero attached hydrogens (tertiary/aromatic N) is 2. The minimum absolute atomic E-state index is 0.00264. The van der Waals surface area contributed by atoms with Crippen molar-refractivity contribution in [1.82, 2.24) is 15.1 Å². The number of benzene rings is 2. The number of carbonyl (C=O) groups is 1. The number of nitrogens with one attached hydrogen (secondary N) is 1. The third kappa shape index (κ3) is 3.54. The van der Waals surface area contributed by atoms with Crippen molar-refractivity contribution in [2.24, 2.45) is 0 Å². The molecule has 1 amide bonds. The number of carbonyl (C=O) groups excluding carboxylic acids is 1. The highest BCUT2D eigenvalue weighted by Crippen LogP contribution is 2.25. The Kier molecular flexibility index (Phi) is 4.57. The molecule has 2 aromatic carbocycles. The molecule has 1 heterocycles. The molecule has 0 bridgehead atoms. The van der Waals surface area contributed by atoms with Crippen LogP contribution in [0, 0.1) is 0 Å². The summed E-state index contributed by atoms with van der Waals surface area (Å²) in [7, 11) is 0.